The van der Waals surface area contributed by atoms with Gasteiger partial charge in [-0.1, -0.05) is 49.2 Å². The van der Waals surface area contributed by atoms with Gasteiger partial charge in [0.05, 0.1) is 5.02 Å². The van der Waals surface area contributed by atoms with Crippen LogP contribution in [0, 0.1) is 11.7 Å². The number of halogens is 2. The van der Waals surface area contributed by atoms with Gasteiger partial charge in [-0.25, -0.2) is 4.39 Å². The first-order valence-corrected chi connectivity index (χ1v) is 7.17. The first-order valence-electron chi connectivity index (χ1n) is 6.80. The SMILES string of the molecule is C/C(=C/CCNCC(C)C)Cc1cccc(Cl)c1F. The molecule has 106 valence electrons. The number of hydrogen-bond donors (Lipinski definition) is 1. The van der Waals surface area contributed by atoms with Crippen molar-refractivity contribution in [2.75, 3.05) is 13.1 Å². The third kappa shape index (κ3) is 6.22. The minimum atomic E-state index is -0.296. The van der Waals surface area contributed by atoms with Crippen molar-refractivity contribution in [2.24, 2.45) is 5.92 Å². The Morgan fingerprint density at radius 1 is 1.42 bits per heavy atom. The second-order valence-corrected chi connectivity index (χ2v) is 5.73. The summed E-state index contributed by atoms with van der Waals surface area (Å²) in [5.74, 6) is 0.375. The molecule has 0 saturated carbocycles. The minimum absolute atomic E-state index is 0.198. The van der Waals surface area contributed by atoms with Crippen molar-refractivity contribution in [1.29, 1.82) is 0 Å². The largest absolute Gasteiger partial charge is 0.316 e. The van der Waals surface area contributed by atoms with Gasteiger partial charge in [-0.15, -0.1) is 0 Å². The Balaban J connectivity index is 2.41. The van der Waals surface area contributed by atoms with Gasteiger partial charge < -0.3 is 5.32 Å². The molecule has 0 spiro atoms. The summed E-state index contributed by atoms with van der Waals surface area (Å²) in [7, 11) is 0. The van der Waals surface area contributed by atoms with E-state index in [9.17, 15) is 4.39 Å². The number of rotatable bonds is 7. The van der Waals surface area contributed by atoms with E-state index in [0.29, 0.717) is 17.9 Å². The Morgan fingerprint density at radius 2 is 2.16 bits per heavy atom. The Labute approximate surface area is 120 Å². The summed E-state index contributed by atoms with van der Waals surface area (Å²) < 4.78 is 13.7. The molecular formula is C16H23ClFN. The summed E-state index contributed by atoms with van der Waals surface area (Å²) in [4.78, 5) is 0. The zero-order valence-electron chi connectivity index (χ0n) is 12.0. The molecule has 1 nitrogen and oxygen atoms in total. The molecule has 0 amide bonds. The summed E-state index contributed by atoms with van der Waals surface area (Å²) in [6, 6.07) is 5.16. The van der Waals surface area contributed by atoms with Crippen molar-refractivity contribution >= 4 is 11.6 Å². The van der Waals surface area contributed by atoms with E-state index in [-0.39, 0.29) is 10.8 Å². The predicted octanol–water partition coefficient (Wildman–Crippen LogP) is 4.60. The van der Waals surface area contributed by atoms with Gasteiger partial charge in [0.2, 0.25) is 0 Å². The lowest BCUT2D eigenvalue weighted by Gasteiger charge is -2.07. The summed E-state index contributed by atoms with van der Waals surface area (Å²) >= 11 is 5.77. The van der Waals surface area contributed by atoms with Crippen LogP contribution in [0.15, 0.2) is 29.8 Å². The predicted molar refractivity (Wildman–Crippen MR) is 81.2 cm³/mol. The smallest absolute Gasteiger partial charge is 0.145 e. The molecule has 0 heterocycles. The summed E-state index contributed by atoms with van der Waals surface area (Å²) in [5.41, 5.74) is 1.84. The average molecular weight is 284 g/mol. The molecule has 0 aliphatic carbocycles. The molecule has 0 aromatic heterocycles. The quantitative estimate of drug-likeness (QED) is 0.569. The molecule has 0 fully saturated rings. The van der Waals surface area contributed by atoms with Crippen LogP contribution in [0.1, 0.15) is 32.8 Å². The van der Waals surface area contributed by atoms with Gasteiger partial charge in [-0.05, 0) is 50.4 Å². The molecule has 19 heavy (non-hydrogen) atoms. The molecule has 1 rings (SSSR count). The molecule has 3 heteroatoms. The zero-order chi connectivity index (χ0) is 14.3. The van der Waals surface area contributed by atoms with Gasteiger partial charge in [0.25, 0.3) is 0 Å². The molecule has 0 bridgehead atoms. The highest BCUT2D eigenvalue weighted by atomic mass is 35.5. The van der Waals surface area contributed by atoms with Crippen LogP contribution in [0.5, 0.6) is 0 Å². The Hall–Kier alpha value is -0.860. The van der Waals surface area contributed by atoms with E-state index in [1.807, 2.05) is 6.92 Å². The van der Waals surface area contributed by atoms with E-state index < -0.39 is 0 Å². The summed E-state index contributed by atoms with van der Waals surface area (Å²) in [6.07, 6.45) is 3.75. The normalized spacial score (nSPS) is 12.2. The molecule has 1 N–H and O–H groups in total. The van der Waals surface area contributed by atoms with Gasteiger partial charge >= 0.3 is 0 Å². The van der Waals surface area contributed by atoms with Gasteiger partial charge in [0.1, 0.15) is 5.82 Å². The average Bonchev–Trinajstić information content (AvgIpc) is 2.34. The molecule has 0 unspecified atom stereocenters. The Kier molecular flexibility index (Phi) is 7.11. The second-order valence-electron chi connectivity index (χ2n) is 5.33. The van der Waals surface area contributed by atoms with Crippen molar-refractivity contribution < 1.29 is 4.39 Å². The lowest BCUT2D eigenvalue weighted by Crippen LogP contribution is -2.20. The molecule has 1 aromatic carbocycles. The molecular weight excluding hydrogens is 261 g/mol. The van der Waals surface area contributed by atoms with E-state index in [4.69, 9.17) is 11.6 Å². The maximum absolute atomic E-state index is 13.7. The monoisotopic (exact) mass is 283 g/mol. The van der Waals surface area contributed by atoms with Crippen molar-refractivity contribution in [1.82, 2.24) is 5.32 Å². The summed E-state index contributed by atoms with van der Waals surface area (Å²) in [5, 5.41) is 3.58. The van der Waals surface area contributed by atoms with Crippen LogP contribution in [0.2, 0.25) is 5.02 Å². The van der Waals surface area contributed by atoms with Gasteiger partial charge in [-0.3, -0.25) is 0 Å². The number of nitrogens with one attached hydrogen (secondary N) is 1. The van der Waals surface area contributed by atoms with E-state index in [2.05, 4.69) is 25.2 Å². The zero-order valence-corrected chi connectivity index (χ0v) is 12.7. The topological polar surface area (TPSA) is 12.0 Å². The fraction of sp³-hybridized carbons (Fsp3) is 0.500. The van der Waals surface area contributed by atoms with Crippen molar-refractivity contribution in [3.05, 3.63) is 46.3 Å². The molecule has 0 aliphatic rings. The maximum Gasteiger partial charge on any atom is 0.145 e. The van der Waals surface area contributed by atoms with Crippen LogP contribution in [-0.2, 0) is 6.42 Å². The lowest BCUT2D eigenvalue weighted by atomic mass is 10.0. The molecule has 0 atom stereocenters. The second kappa shape index (κ2) is 8.34. The van der Waals surface area contributed by atoms with E-state index in [1.54, 1.807) is 18.2 Å². The molecule has 0 radical (unpaired) electrons. The summed E-state index contributed by atoms with van der Waals surface area (Å²) in [6.45, 7) is 8.41. The molecule has 0 aliphatic heterocycles. The lowest BCUT2D eigenvalue weighted by molar-refractivity contribution is 0.556. The highest BCUT2D eigenvalue weighted by Crippen LogP contribution is 2.20. The third-order valence-electron chi connectivity index (χ3n) is 2.87. The fourth-order valence-electron chi connectivity index (χ4n) is 1.87. The van der Waals surface area contributed by atoms with Crippen molar-refractivity contribution in [3.63, 3.8) is 0 Å². The van der Waals surface area contributed by atoms with Gasteiger partial charge in [0.15, 0.2) is 0 Å². The fourth-order valence-corrected chi connectivity index (χ4v) is 2.06. The van der Waals surface area contributed by atoms with Crippen LogP contribution in [0.4, 0.5) is 4.39 Å². The van der Waals surface area contributed by atoms with Crippen LogP contribution in [-0.4, -0.2) is 13.1 Å². The first-order chi connectivity index (χ1) is 9.00. The Morgan fingerprint density at radius 3 is 2.84 bits per heavy atom. The number of benzene rings is 1. The van der Waals surface area contributed by atoms with Crippen LogP contribution in [0.3, 0.4) is 0 Å². The van der Waals surface area contributed by atoms with Crippen LogP contribution >= 0.6 is 11.6 Å². The first kappa shape index (κ1) is 16.2. The van der Waals surface area contributed by atoms with E-state index >= 15 is 0 Å². The molecule has 0 saturated heterocycles. The standard InChI is InChI=1S/C16H23ClFN/c1-12(2)11-19-9-5-6-13(3)10-14-7-4-8-15(17)16(14)18/h4,6-8,12,19H,5,9-11H2,1-3H3/b13-6-. The van der Waals surface area contributed by atoms with Crippen LogP contribution in [0.25, 0.3) is 0 Å². The van der Waals surface area contributed by atoms with E-state index in [0.717, 1.165) is 19.5 Å². The van der Waals surface area contributed by atoms with E-state index in [1.165, 1.54) is 5.57 Å². The number of hydrogen-bond acceptors (Lipinski definition) is 1. The van der Waals surface area contributed by atoms with Crippen molar-refractivity contribution in [3.8, 4) is 0 Å². The third-order valence-corrected chi connectivity index (χ3v) is 3.16. The van der Waals surface area contributed by atoms with Gasteiger partial charge in [-0.2, -0.15) is 0 Å². The Bertz CT molecular complexity index is 427. The number of allylic oxidation sites excluding steroid dienone is 1. The molecule has 1 aromatic rings. The maximum atomic E-state index is 13.7. The van der Waals surface area contributed by atoms with Crippen molar-refractivity contribution in [2.45, 2.75) is 33.6 Å². The van der Waals surface area contributed by atoms with Crippen LogP contribution < -0.4 is 5.32 Å². The highest BCUT2D eigenvalue weighted by Gasteiger charge is 2.06. The highest BCUT2D eigenvalue weighted by molar-refractivity contribution is 6.30. The van der Waals surface area contributed by atoms with Gasteiger partial charge in [0, 0.05) is 0 Å². The minimum Gasteiger partial charge on any atom is -0.316 e.